The third kappa shape index (κ3) is 4.05. The Bertz CT molecular complexity index is 802. The third-order valence-electron chi connectivity index (χ3n) is 2.99. The molecule has 1 heterocycles. The molecule has 1 amide bonds. The zero-order valence-corrected chi connectivity index (χ0v) is 14.4. The summed E-state index contributed by atoms with van der Waals surface area (Å²) in [6.07, 6.45) is 0. The van der Waals surface area contributed by atoms with Crippen molar-refractivity contribution >= 4 is 33.9 Å². The van der Waals surface area contributed by atoms with Gasteiger partial charge in [-0.25, -0.2) is 4.98 Å². The highest BCUT2D eigenvalue weighted by Crippen LogP contribution is 2.17. The van der Waals surface area contributed by atoms with Gasteiger partial charge < -0.3 is 21.5 Å². The number of thioether (sulfide) groups is 1. The van der Waals surface area contributed by atoms with E-state index in [2.05, 4.69) is 15.5 Å². The Balaban J connectivity index is 2.55. The fourth-order valence-corrected chi connectivity index (χ4v) is 2.60. The van der Waals surface area contributed by atoms with E-state index < -0.39 is 11.4 Å². The van der Waals surface area contributed by atoms with Crippen molar-refractivity contribution in [1.82, 2.24) is 10.3 Å². The number of nitrogens with zero attached hydrogens (tertiary/aromatic N) is 3. The summed E-state index contributed by atoms with van der Waals surface area (Å²) in [5.74, 6) is -0.401. The number of hydrogen-bond donors (Lipinski definition) is 3. The van der Waals surface area contributed by atoms with Crippen LogP contribution in [0.4, 0.5) is 0 Å². The maximum Gasteiger partial charge on any atom is 0.319 e. The lowest BCUT2D eigenvalue weighted by atomic mass is 10.1. The van der Waals surface area contributed by atoms with E-state index in [0.717, 1.165) is 11.8 Å². The summed E-state index contributed by atoms with van der Waals surface area (Å²) in [6, 6.07) is 6.75. The lowest BCUT2D eigenvalue weighted by molar-refractivity contribution is -0.580. The fourth-order valence-electron chi connectivity index (χ4n) is 2.06. The molecule has 2 rings (SSSR count). The SMILES string of the molecule is CC(C)(C)NC(=O)c1c(CS/C(N)=N/O)nc2ccccc2[n+]1[O-]. The van der Waals surface area contributed by atoms with Crippen LogP contribution in [0.25, 0.3) is 11.0 Å². The number of carbonyl (C=O) groups excluding carboxylic acids is 1. The van der Waals surface area contributed by atoms with Gasteiger partial charge in [0.25, 0.3) is 0 Å². The van der Waals surface area contributed by atoms with Crippen molar-refractivity contribution < 1.29 is 14.7 Å². The Morgan fingerprint density at radius 3 is 2.75 bits per heavy atom. The minimum atomic E-state index is -0.522. The average Bonchev–Trinajstić information content (AvgIpc) is 2.50. The van der Waals surface area contributed by atoms with E-state index in [4.69, 9.17) is 10.9 Å². The molecule has 0 unspecified atom stereocenters. The molecule has 1 aromatic heterocycles. The van der Waals surface area contributed by atoms with Gasteiger partial charge in [0, 0.05) is 11.6 Å². The highest BCUT2D eigenvalue weighted by molar-refractivity contribution is 8.13. The van der Waals surface area contributed by atoms with Crippen LogP contribution in [-0.2, 0) is 5.75 Å². The van der Waals surface area contributed by atoms with E-state index >= 15 is 0 Å². The number of benzene rings is 1. The number of amides is 1. The molecule has 128 valence electrons. The monoisotopic (exact) mass is 349 g/mol. The van der Waals surface area contributed by atoms with Gasteiger partial charge in [0.05, 0.1) is 5.75 Å². The van der Waals surface area contributed by atoms with Gasteiger partial charge in [0.1, 0.15) is 11.2 Å². The van der Waals surface area contributed by atoms with Crippen molar-refractivity contribution in [2.24, 2.45) is 10.9 Å². The van der Waals surface area contributed by atoms with Crippen LogP contribution in [0.3, 0.4) is 0 Å². The number of amidine groups is 1. The molecule has 0 aliphatic rings. The molecule has 1 aromatic carbocycles. The molecule has 0 saturated heterocycles. The molecule has 0 aliphatic heterocycles. The number of rotatable bonds is 3. The van der Waals surface area contributed by atoms with Crippen molar-refractivity contribution in [3.8, 4) is 0 Å². The molecular weight excluding hydrogens is 330 g/mol. The lowest BCUT2D eigenvalue weighted by Crippen LogP contribution is -2.47. The molecule has 9 heteroatoms. The van der Waals surface area contributed by atoms with Gasteiger partial charge >= 0.3 is 11.6 Å². The normalized spacial score (nSPS) is 12.4. The summed E-state index contributed by atoms with van der Waals surface area (Å²) in [7, 11) is 0. The number of nitrogens with two attached hydrogens (primary N) is 1. The molecule has 0 aliphatic carbocycles. The molecule has 24 heavy (non-hydrogen) atoms. The van der Waals surface area contributed by atoms with Crippen LogP contribution in [0.2, 0.25) is 0 Å². The van der Waals surface area contributed by atoms with Crippen LogP contribution >= 0.6 is 11.8 Å². The Kier molecular flexibility index (Phi) is 5.13. The number of aromatic nitrogens is 2. The van der Waals surface area contributed by atoms with Gasteiger partial charge in [0.2, 0.25) is 5.52 Å². The van der Waals surface area contributed by atoms with Gasteiger partial charge in [-0.1, -0.05) is 29.1 Å². The van der Waals surface area contributed by atoms with E-state index in [-0.39, 0.29) is 22.3 Å². The van der Waals surface area contributed by atoms with E-state index in [1.54, 1.807) is 24.3 Å². The van der Waals surface area contributed by atoms with Crippen molar-refractivity contribution in [3.63, 3.8) is 0 Å². The summed E-state index contributed by atoms with van der Waals surface area (Å²) in [5, 5.41) is 26.9. The standard InChI is InChI=1S/C15H19N5O3S/c1-15(2,3)18-13(21)12-10(8-24-14(16)19-22)17-9-6-4-5-7-11(9)20(12)23/h4-7,22H,8H2,1-3H3,(H2,16,19)(H,18,21). The number of nitrogens with one attached hydrogen (secondary N) is 1. The Labute approximate surface area is 143 Å². The molecule has 0 atom stereocenters. The molecule has 0 radical (unpaired) electrons. The Morgan fingerprint density at radius 2 is 2.12 bits per heavy atom. The highest BCUT2D eigenvalue weighted by Gasteiger charge is 2.28. The van der Waals surface area contributed by atoms with Gasteiger partial charge in [-0.3, -0.25) is 4.79 Å². The van der Waals surface area contributed by atoms with Crippen LogP contribution in [0, 0.1) is 5.21 Å². The number of carbonyl (C=O) groups is 1. The van der Waals surface area contributed by atoms with Gasteiger partial charge in [-0.15, -0.1) is 0 Å². The second kappa shape index (κ2) is 6.91. The van der Waals surface area contributed by atoms with E-state index in [9.17, 15) is 10.0 Å². The molecule has 0 bridgehead atoms. The molecule has 0 saturated carbocycles. The quantitative estimate of drug-likeness (QED) is 0.192. The summed E-state index contributed by atoms with van der Waals surface area (Å²) in [4.78, 5) is 17.0. The van der Waals surface area contributed by atoms with Gasteiger partial charge in [0.15, 0.2) is 5.17 Å². The minimum Gasteiger partial charge on any atom is -0.618 e. The first-order chi connectivity index (χ1) is 11.2. The number of oxime groups is 1. The van der Waals surface area contributed by atoms with Crippen LogP contribution in [-0.4, -0.2) is 26.8 Å². The summed E-state index contributed by atoms with van der Waals surface area (Å²) < 4.78 is 0.575. The minimum absolute atomic E-state index is 0.0791. The van der Waals surface area contributed by atoms with Crippen molar-refractivity contribution in [2.45, 2.75) is 32.1 Å². The smallest absolute Gasteiger partial charge is 0.319 e. The largest absolute Gasteiger partial charge is 0.618 e. The molecular formula is C15H19N5O3S. The summed E-state index contributed by atoms with van der Waals surface area (Å²) in [5.41, 5.74) is 5.88. The number of fused-ring (bicyclic) bond motifs is 1. The molecule has 4 N–H and O–H groups in total. The van der Waals surface area contributed by atoms with Crippen molar-refractivity contribution in [3.05, 3.63) is 40.9 Å². The van der Waals surface area contributed by atoms with Crippen molar-refractivity contribution in [1.29, 1.82) is 0 Å². The van der Waals surface area contributed by atoms with Gasteiger partial charge in [-0.2, -0.15) is 4.73 Å². The first-order valence-electron chi connectivity index (χ1n) is 7.17. The van der Waals surface area contributed by atoms with Gasteiger partial charge in [-0.05, 0) is 26.8 Å². The Hall–Kier alpha value is -2.55. The number of para-hydroxylation sites is 2. The van der Waals surface area contributed by atoms with E-state index in [1.807, 2.05) is 20.8 Å². The van der Waals surface area contributed by atoms with E-state index in [0.29, 0.717) is 15.8 Å². The average molecular weight is 349 g/mol. The predicted octanol–water partition coefficient (Wildman–Crippen LogP) is 1.33. The number of hydrogen-bond acceptors (Lipinski definition) is 6. The molecule has 8 nitrogen and oxygen atoms in total. The van der Waals surface area contributed by atoms with E-state index in [1.165, 1.54) is 0 Å². The van der Waals surface area contributed by atoms with Crippen molar-refractivity contribution in [2.75, 3.05) is 0 Å². The van der Waals surface area contributed by atoms with Crippen LogP contribution < -0.4 is 15.8 Å². The topological polar surface area (TPSA) is 128 Å². The first kappa shape index (κ1) is 17.8. The van der Waals surface area contributed by atoms with Crippen LogP contribution in [0.5, 0.6) is 0 Å². The second-order valence-electron chi connectivity index (χ2n) is 6.12. The van der Waals surface area contributed by atoms with Crippen LogP contribution in [0.15, 0.2) is 29.4 Å². The predicted molar refractivity (Wildman–Crippen MR) is 92.6 cm³/mol. The summed E-state index contributed by atoms with van der Waals surface area (Å²) >= 11 is 0.979. The molecule has 2 aromatic rings. The fraction of sp³-hybridized carbons (Fsp3) is 0.333. The highest BCUT2D eigenvalue weighted by atomic mass is 32.2. The lowest BCUT2D eigenvalue weighted by Gasteiger charge is -2.20. The van der Waals surface area contributed by atoms with Crippen LogP contribution in [0.1, 0.15) is 37.0 Å². The molecule has 0 fully saturated rings. The zero-order chi connectivity index (χ0) is 17.9. The molecule has 0 spiro atoms. The third-order valence-corrected chi connectivity index (χ3v) is 3.79. The first-order valence-corrected chi connectivity index (χ1v) is 8.15. The second-order valence-corrected chi connectivity index (χ2v) is 7.12. The maximum atomic E-state index is 12.7. The zero-order valence-electron chi connectivity index (χ0n) is 13.6. The maximum absolute atomic E-state index is 12.7. The summed E-state index contributed by atoms with van der Waals surface area (Å²) in [6.45, 7) is 5.46. The Morgan fingerprint density at radius 1 is 1.46 bits per heavy atom.